The van der Waals surface area contributed by atoms with E-state index in [1.807, 2.05) is 30.5 Å². The van der Waals surface area contributed by atoms with Gasteiger partial charge in [0.15, 0.2) is 0 Å². The Labute approximate surface area is 77.4 Å². The van der Waals surface area contributed by atoms with E-state index in [-0.39, 0.29) is 0 Å². The fourth-order valence-corrected chi connectivity index (χ4v) is 1.81. The van der Waals surface area contributed by atoms with Crippen molar-refractivity contribution in [1.82, 2.24) is 0 Å². The molecule has 0 unspecified atom stereocenters. The molecule has 0 spiro atoms. The molecule has 0 aliphatic rings. The van der Waals surface area contributed by atoms with Crippen molar-refractivity contribution >= 4 is 17.8 Å². The van der Waals surface area contributed by atoms with Crippen LogP contribution in [0.1, 0.15) is 5.56 Å². The first-order valence-corrected chi connectivity index (χ1v) is 4.89. The van der Waals surface area contributed by atoms with Crippen LogP contribution < -0.4 is 4.74 Å². The monoisotopic (exact) mass is 180 g/mol. The largest absolute Gasteiger partial charge is 0.496 e. The van der Waals surface area contributed by atoms with Gasteiger partial charge in [-0.2, -0.15) is 0 Å². The molecule has 0 aliphatic heterocycles. The molecular weight excluding hydrogens is 168 g/mol. The summed E-state index contributed by atoms with van der Waals surface area (Å²) in [6.07, 6.45) is 3.87. The summed E-state index contributed by atoms with van der Waals surface area (Å²) in [5, 5.41) is 0. The molecule has 0 radical (unpaired) electrons. The summed E-state index contributed by atoms with van der Waals surface area (Å²) in [4.78, 5) is 1.15. The lowest BCUT2D eigenvalue weighted by Crippen LogP contribution is -1.87. The van der Waals surface area contributed by atoms with Crippen molar-refractivity contribution < 1.29 is 4.74 Å². The van der Waals surface area contributed by atoms with E-state index in [0.29, 0.717) is 0 Å². The van der Waals surface area contributed by atoms with Crippen molar-refractivity contribution in [1.29, 1.82) is 0 Å². The number of ether oxygens (including phenoxy) is 1. The molecule has 1 rings (SSSR count). The van der Waals surface area contributed by atoms with Gasteiger partial charge in [-0.05, 0) is 17.9 Å². The summed E-state index contributed by atoms with van der Waals surface area (Å²) < 4.78 is 5.21. The summed E-state index contributed by atoms with van der Waals surface area (Å²) in [6.45, 7) is 3.75. The maximum atomic E-state index is 5.21. The Balaban J connectivity index is 3.21. The molecule has 0 N–H and O–H groups in total. The third kappa shape index (κ3) is 1.64. The number of benzene rings is 1. The molecule has 64 valence electrons. The third-order valence-corrected chi connectivity index (χ3v) is 2.50. The van der Waals surface area contributed by atoms with E-state index in [9.17, 15) is 0 Å². The van der Waals surface area contributed by atoms with Crippen molar-refractivity contribution in [3.05, 3.63) is 30.3 Å². The predicted octanol–water partition coefficient (Wildman–Crippen LogP) is 3.06. The lowest BCUT2D eigenvalue weighted by atomic mass is 10.2. The fourth-order valence-electron chi connectivity index (χ4n) is 1.07. The second kappa shape index (κ2) is 4.21. The highest BCUT2D eigenvalue weighted by Crippen LogP contribution is 2.31. The zero-order valence-electron chi connectivity index (χ0n) is 7.33. The van der Waals surface area contributed by atoms with Gasteiger partial charge in [-0.1, -0.05) is 24.8 Å². The summed E-state index contributed by atoms with van der Waals surface area (Å²) in [5.74, 6) is 0.917. The Morgan fingerprint density at radius 3 is 2.75 bits per heavy atom. The van der Waals surface area contributed by atoms with Gasteiger partial charge in [-0.15, -0.1) is 11.8 Å². The summed E-state index contributed by atoms with van der Waals surface area (Å²) >= 11 is 1.67. The predicted molar refractivity (Wildman–Crippen MR) is 54.9 cm³/mol. The van der Waals surface area contributed by atoms with Crippen LogP contribution >= 0.6 is 11.8 Å². The Morgan fingerprint density at radius 1 is 1.50 bits per heavy atom. The van der Waals surface area contributed by atoms with Crippen LogP contribution in [-0.2, 0) is 0 Å². The number of methoxy groups -OCH3 is 1. The number of rotatable bonds is 3. The standard InChI is InChI=1S/C10H12OS/c1-4-8-6-5-7-9(11-2)10(8)12-3/h4-7H,1H2,2-3H3. The average molecular weight is 180 g/mol. The van der Waals surface area contributed by atoms with Crippen molar-refractivity contribution in [2.45, 2.75) is 4.90 Å². The minimum absolute atomic E-state index is 0.917. The lowest BCUT2D eigenvalue weighted by molar-refractivity contribution is 0.404. The molecule has 1 nitrogen and oxygen atoms in total. The van der Waals surface area contributed by atoms with E-state index < -0.39 is 0 Å². The van der Waals surface area contributed by atoms with Crippen LogP contribution in [0.2, 0.25) is 0 Å². The quantitative estimate of drug-likeness (QED) is 0.661. The van der Waals surface area contributed by atoms with Gasteiger partial charge in [0, 0.05) is 0 Å². The molecule has 2 heteroatoms. The molecule has 0 saturated carbocycles. The first-order chi connectivity index (χ1) is 5.83. The molecule has 0 amide bonds. The van der Waals surface area contributed by atoms with Gasteiger partial charge < -0.3 is 4.74 Å². The van der Waals surface area contributed by atoms with Gasteiger partial charge in [-0.25, -0.2) is 0 Å². The molecule has 0 bridgehead atoms. The zero-order valence-corrected chi connectivity index (χ0v) is 8.15. The van der Waals surface area contributed by atoms with Gasteiger partial charge >= 0.3 is 0 Å². The third-order valence-electron chi connectivity index (χ3n) is 1.65. The SMILES string of the molecule is C=Cc1cccc(OC)c1SC. The van der Waals surface area contributed by atoms with Crippen LogP contribution in [0.3, 0.4) is 0 Å². The van der Waals surface area contributed by atoms with Gasteiger partial charge in [0.1, 0.15) is 5.75 Å². The van der Waals surface area contributed by atoms with E-state index in [1.165, 1.54) is 0 Å². The smallest absolute Gasteiger partial charge is 0.133 e. The number of hydrogen-bond acceptors (Lipinski definition) is 2. The van der Waals surface area contributed by atoms with Crippen LogP contribution in [0, 0.1) is 0 Å². The first kappa shape index (κ1) is 9.20. The van der Waals surface area contributed by atoms with Crippen molar-refractivity contribution in [2.24, 2.45) is 0 Å². The highest BCUT2D eigenvalue weighted by atomic mass is 32.2. The molecule has 0 atom stereocenters. The summed E-state index contributed by atoms with van der Waals surface area (Å²) in [5.41, 5.74) is 1.13. The molecule has 12 heavy (non-hydrogen) atoms. The highest BCUT2D eigenvalue weighted by Gasteiger charge is 2.03. The van der Waals surface area contributed by atoms with E-state index in [0.717, 1.165) is 16.2 Å². The van der Waals surface area contributed by atoms with E-state index >= 15 is 0 Å². The summed E-state index contributed by atoms with van der Waals surface area (Å²) in [6, 6.07) is 5.95. The van der Waals surface area contributed by atoms with E-state index in [2.05, 4.69) is 6.58 Å². The normalized spacial score (nSPS) is 9.50. The van der Waals surface area contributed by atoms with Crippen molar-refractivity contribution in [2.75, 3.05) is 13.4 Å². The van der Waals surface area contributed by atoms with Gasteiger partial charge in [-0.3, -0.25) is 0 Å². The van der Waals surface area contributed by atoms with Crippen LogP contribution in [0.5, 0.6) is 5.75 Å². The molecule has 0 aliphatic carbocycles. The van der Waals surface area contributed by atoms with Crippen molar-refractivity contribution in [3.63, 3.8) is 0 Å². The molecule has 1 aromatic rings. The Morgan fingerprint density at radius 2 is 2.25 bits per heavy atom. The zero-order chi connectivity index (χ0) is 8.97. The second-order valence-corrected chi connectivity index (χ2v) is 3.10. The Bertz CT molecular complexity index is 281. The van der Waals surface area contributed by atoms with Crippen LogP contribution in [-0.4, -0.2) is 13.4 Å². The molecule has 1 aromatic carbocycles. The fraction of sp³-hybridized carbons (Fsp3) is 0.200. The van der Waals surface area contributed by atoms with Crippen LogP contribution in [0.15, 0.2) is 29.7 Å². The molecular formula is C10H12OS. The average Bonchev–Trinajstić information content (AvgIpc) is 2.16. The van der Waals surface area contributed by atoms with Crippen LogP contribution in [0.4, 0.5) is 0 Å². The number of hydrogen-bond donors (Lipinski definition) is 0. The van der Waals surface area contributed by atoms with Gasteiger partial charge in [0.25, 0.3) is 0 Å². The molecule has 0 saturated heterocycles. The number of thioether (sulfide) groups is 1. The van der Waals surface area contributed by atoms with E-state index in [1.54, 1.807) is 18.9 Å². The summed E-state index contributed by atoms with van der Waals surface area (Å²) in [7, 11) is 1.68. The van der Waals surface area contributed by atoms with E-state index in [4.69, 9.17) is 4.74 Å². The first-order valence-electron chi connectivity index (χ1n) is 3.67. The Kier molecular flexibility index (Phi) is 3.23. The topological polar surface area (TPSA) is 9.23 Å². The lowest BCUT2D eigenvalue weighted by Gasteiger charge is -2.08. The second-order valence-electron chi connectivity index (χ2n) is 2.29. The van der Waals surface area contributed by atoms with Gasteiger partial charge in [0.05, 0.1) is 12.0 Å². The minimum Gasteiger partial charge on any atom is -0.496 e. The Hall–Kier alpha value is -0.890. The maximum absolute atomic E-state index is 5.21. The highest BCUT2D eigenvalue weighted by molar-refractivity contribution is 7.98. The molecule has 0 fully saturated rings. The van der Waals surface area contributed by atoms with Crippen LogP contribution in [0.25, 0.3) is 6.08 Å². The minimum atomic E-state index is 0.917. The van der Waals surface area contributed by atoms with Crippen molar-refractivity contribution in [3.8, 4) is 5.75 Å². The maximum Gasteiger partial charge on any atom is 0.133 e. The molecule has 0 aromatic heterocycles. The van der Waals surface area contributed by atoms with Gasteiger partial charge in [0.2, 0.25) is 0 Å². The molecule has 0 heterocycles.